The number of unbranched alkanes of at least 4 members (excludes halogenated alkanes) is 1. The van der Waals surface area contributed by atoms with Gasteiger partial charge in [-0.3, -0.25) is 30.1 Å². The summed E-state index contributed by atoms with van der Waals surface area (Å²) < 4.78 is 6.15. The zero-order valence-electron chi connectivity index (χ0n) is 14.7. The molecule has 0 saturated carbocycles. The van der Waals surface area contributed by atoms with Gasteiger partial charge in [-0.25, -0.2) is 0 Å². The number of amides is 3. The van der Waals surface area contributed by atoms with Crippen LogP contribution in [0, 0.1) is 6.92 Å². The predicted octanol–water partition coefficient (Wildman–Crippen LogP) is 2.53. The van der Waals surface area contributed by atoms with Gasteiger partial charge >= 0.3 is 5.91 Å². The van der Waals surface area contributed by atoms with Crippen LogP contribution in [0.5, 0.6) is 0 Å². The molecule has 2 N–H and O–H groups in total. The first-order chi connectivity index (χ1) is 13.0. The van der Waals surface area contributed by atoms with Crippen LogP contribution >= 0.6 is 24.0 Å². The number of carbonyl (C=O) groups is 3. The Balaban J connectivity index is 1.42. The van der Waals surface area contributed by atoms with E-state index in [9.17, 15) is 14.4 Å². The Morgan fingerprint density at radius 3 is 2.74 bits per heavy atom. The number of nitrogens with zero attached hydrogens (tertiary/aromatic N) is 1. The van der Waals surface area contributed by atoms with E-state index in [0.29, 0.717) is 35.0 Å². The van der Waals surface area contributed by atoms with Crippen molar-refractivity contribution in [3.63, 3.8) is 0 Å². The number of aryl methyl sites for hydroxylation is 1. The van der Waals surface area contributed by atoms with E-state index in [1.54, 1.807) is 17.9 Å². The van der Waals surface area contributed by atoms with Crippen LogP contribution in [0.1, 0.15) is 35.4 Å². The van der Waals surface area contributed by atoms with Crippen LogP contribution in [0.3, 0.4) is 0 Å². The number of nitrogens with one attached hydrogen (secondary N) is 2. The summed E-state index contributed by atoms with van der Waals surface area (Å²) in [4.78, 5) is 37.3. The molecule has 3 rings (SSSR count). The van der Waals surface area contributed by atoms with Crippen molar-refractivity contribution < 1.29 is 18.8 Å². The molecule has 9 heteroatoms. The lowest BCUT2D eigenvalue weighted by atomic mass is 10.1. The SMILES string of the molecule is Cc1c(C(=O)NNC(=O)CCCCN2C(=O)CSC2=S)oc2ccccc12. The first-order valence-electron chi connectivity index (χ1n) is 8.52. The normalized spacial score (nSPS) is 14.0. The number of para-hydroxylation sites is 1. The molecule has 7 nitrogen and oxygen atoms in total. The minimum Gasteiger partial charge on any atom is -0.451 e. The fraction of sp³-hybridized carbons (Fsp3) is 0.333. The fourth-order valence-electron chi connectivity index (χ4n) is 2.79. The molecule has 0 radical (unpaired) electrons. The van der Waals surface area contributed by atoms with Gasteiger partial charge in [0.1, 0.15) is 9.90 Å². The van der Waals surface area contributed by atoms with Crippen LogP contribution in [0.2, 0.25) is 0 Å². The van der Waals surface area contributed by atoms with Crippen molar-refractivity contribution in [1.82, 2.24) is 15.8 Å². The topological polar surface area (TPSA) is 91.7 Å². The average molecular weight is 406 g/mol. The number of hydrazine groups is 1. The molecule has 2 aromatic rings. The molecule has 1 aromatic heterocycles. The molecule has 2 heterocycles. The zero-order chi connectivity index (χ0) is 19.4. The van der Waals surface area contributed by atoms with Crippen LogP contribution in [-0.2, 0) is 9.59 Å². The van der Waals surface area contributed by atoms with Crippen molar-refractivity contribution in [2.24, 2.45) is 0 Å². The molecule has 0 aliphatic carbocycles. The molecule has 142 valence electrons. The molecule has 0 unspecified atom stereocenters. The summed E-state index contributed by atoms with van der Waals surface area (Å²) in [6.07, 6.45) is 1.49. The van der Waals surface area contributed by atoms with E-state index in [1.807, 2.05) is 18.2 Å². The average Bonchev–Trinajstić information content (AvgIpc) is 3.17. The Morgan fingerprint density at radius 2 is 2.04 bits per heavy atom. The minimum absolute atomic E-state index is 0.0166. The second-order valence-corrected chi connectivity index (χ2v) is 7.72. The van der Waals surface area contributed by atoms with E-state index in [1.165, 1.54) is 11.8 Å². The molecule has 1 aliphatic rings. The number of hydrogen-bond donors (Lipinski definition) is 2. The molecular weight excluding hydrogens is 386 g/mol. The number of fused-ring (bicyclic) bond motifs is 1. The highest BCUT2D eigenvalue weighted by molar-refractivity contribution is 8.23. The third-order valence-electron chi connectivity index (χ3n) is 4.24. The van der Waals surface area contributed by atoms with Crippen molar-refractivity contribution in [2.75, 3.05) is 12.3 Å². The Labute approximate surface area is 165 Å². The maximum atomic E-state index is 12.2. The van der Waals surface area contributed by atoms with Crippen molar-refractivity contribution in [1.29, 1.82) is 0 Å². The first-order valence-corrected chi connectivity index (χ1v) is 9.91. The lowest BCUT2D eigenvalue weighted by Crippen LogP contribution is -2.41. The van der Waals surface area contributed by atoms with Crippen molar-refractivity contribution >= 4 is 57.0 Å². The largest absolute Gasteiger partial charge is 0.451 e. The Morgan fingerprint density at radius 1 is 1.26 bits per heavy atom. The number of rotatable bonds is 6. The second kappa shape index (κ2) is 8.53. The van der Waals surface area contributed by atoms with Crippen LogP contribution in [0.25, 0.3) is 11.0 Å². The third-order valence-corrected chi connectivity index (χ3v) is 5.67. The summed E-state index contributed by atoms with van der Waals surface area (Å²) in [6, 6.07) is 7.36. The smallest absolute Gasteiger partial charge is 0.305 e. The third kappa shape index (κ3) is 4.48. The van der Waals surface area contributed by atoms with E-state index in [0.717, 1.165) is 10.9 Å². The van der Waals surface area contributed by atoms with Gasteiger partial charge in [0.2, 0.25) is 11.8 Å². The number of hydrogen-bond acceptors (Lipinski definition) is 6. The number of thioether (sulfide) groups is 1. The molecule has 0 spiro atoms. The predicted molar refractivity (Wildman–Crippen MR) is 107 cm³/mol. The van der Waals surface area contributed by atoms with E-state index in [2.05, 4.69) is 10.9 Å². The van der Waals surface area contributed by atoms with E-state index in [4.69, 9.17) is 16.6 Å². The lowest BCUT2D eigenvalue weighted by Gasteiger charge is -2.14. The van der Waals surface area contributed by atoms with Crippen LogP contribution in [0.4, 0.5) is 0 Å². The van der Waals surface area contributed by atoms with Crippen LogP contribution in [0.15, 0.2) is 28.7 Å². The summed E-state index contributed by atoms with van der Waals surface area (Å²) in [7, 11) is 0. The Kier molecular flexibility index (Phi) is 6.12. The number of carbonyl (C=O) groups excluding carboxylic acids is 3. The first kappa shape index (κ1) is 19.4. The van der Waals surface area contributed by atoms with E-state index >= 15 is 0 Å². The standard InChI is InChI=1S/C18H19N3O4S2/c1-11-12-6-2-3-7-13(12)25-16(11)17(24)20-19-14(22)8-4-5-9-21-15(23)10-27-18(21)26/h2-3,6-7H,4-5,8-10H2,1H3,(H,19,22)(H,20,24). The highest BCUT2D eigenvalue weighted by Crippen LogP contribution is 2.24. The van der Waals surface area contributed by atoms with Crippen molar-refractivity contribution in [3.8, 4) is 0 Å². The van der Waals surface area contributed by atoms with Gasteiger partial charge in [0.15, 0.2) is 5.76 Å². The molecule has 3 amide bonds. The van der Waals surface area contributed by atoms with Gasteiger partial charge in [0, 0.05) is 23.9 Å². The number of furan rings is 1. The summed E-state index contributed by atoms with van der Waals surface area (Å²) >= 11 is 6.46. The molecule has 1 aromatic carbocycles. The molecule has 0 bridgehead atoms. The molecule has 1 saturated heterocycles. The second-order valence-electron chi connectivity index (χ2n) is 6.11. The maximum absolute atomic E-state index is 12.2. The Hall–Kier alpha value is -2.39. The van der Waals surface area contributed by atoms with Gasteiger partial charge in [-0.1, -0.05) is 42.2 Å². The number of benzene rings is 1. The quantitative estimate of drug-likeness (QED) is 0.436. The van der Waals surface area contributed by atoms with Gasteiger partial charge in [0.25, 0.3) is 0 Å². The van der Waals surface area contributed by atoms with Crippen molar-refractivity contribution in [2.45, 2.75) is 26.2 Å². The van der Waals surface area contributed by atoms with Crippen LogP contribution < -0.4 is 10.9 Å². The number of thiocarbonyl (C=S) groups is 1. The molecular formula is C18H19N3O4S2. The summed E-state index contributed by atoms with van der Waals surface area (Å²) in [5.74, 6) is -0.214. The van der Waals surface area contributed by atoms with Gasteiger partial charge in [-0.2, -0.15) is 0 Å². The van der Waals surface area contributed by atoms with Gasteiger partial charge in [0.05, 0.1) is 5.75 Å². The zero-order valence-corrected chi connectivity index (χ0v) is 16.4. The molecule has 27 heavy (non-hydrogen) atoms. The monoisotopic (exact) mass is 405 g/mol. The van der Waals surface area contributed by atoms with Gasteiger partial charge < -0.3 is 4.42 Å². The maximum Gasteiger partial charge on any atom is 0.305 e. The molecule has 0 atom stereocenters. The highest BCUT2D eigenvalue weighted by Gasteiger charge is 2.25. The summed E-state index contributed by atoms with van der Waals surface area (Å²) in [5, 5.41) is 0.863. The summed E-state index contributed by atoms with van der Waals surface area (Å²) in [5.41, 5.74) is 6.11. The molecule has 1 fully saturated rings. The van der Waals surface area contributed by atoms with Gasteiger partial charge in [-0.05, 0) is 25.8 Å². The highest BCUT2D eigenvalue weighted by atomic mass is 32.2. The molecule has 1 aliphatic heterocycles. The Bertz CT molecular complexity index is 893. The minimum atomic E-state index is -0.498. The lowest BCUT2D eigenvalue weighted by molar-refractivity contribution is -0.124. The summed E-state index contributed by atoms with van der Waals surface area (Å²) in [6.45, 7) is 2.31. The fourth-order valence-corrected chi connectivity index (χ4v) is 3.91. The van der Waals surface area contributed by atoms with E-state index in [-0.39, 0.29) is 24.0 Å². The van der Waals surface area contributed by atoms with Crippen molar-refractivity contribution in [3.05, 3.63) is 35.6 Å². The van der Waals surface area contributed by atoms with Gasteiger partial charge in [-0.15, -0.1) is 0 Å². The van der Waals surface area contributed by atoms with E-state index < -0.39 is 5.91 Å². The van der Waals surface area contributed by atoms with Crippen LogP contribution in [-0.4, -0.2) is 39.2 Å².